The maximum Gasteiger partial charge on any atom is 0.339 e. The Hall–Kier alpha value is -3.08. The summed E-state index contributed by atoms with van der Waals surface area (Å²) in [5.74, 6) is -0.0117. The molecular weight excluding hydrogens is 366 g/mol. The highest BCUT2D eigenvalue weighted by molar-refractivity contribution is 6.22. The van der Waals surface area contributed by atoms with Gasteiger partial charge in [-0.05, 0) is 43.9 Å². The molecule has 1 fully saturated rings. The molecule has 1 amide bonds. The topological polar surface area (TPSA) is 55.8 Å². The third-order valence-electron chi connectivity index (χ3n) is 5.19. The highest BCUT2D eigenvalue weighted by Crippen LogP contribution is 2.25. The van der Waals surface area contributed by atoms with Crippen molar-refractivity contribution in [3.05, 3.63) is 65.7 Å². The third-order valence-corrected chi connectivity index (χ3v) is 5.19. The Labute approximate surface area is 171 Å². The Morgan fingerprint density at radius 3 is 2.52 bits per heavy atom. The molecule has 1 atom stereocenters. The zero-order valence-electron chi connectivity index (χ0n) is 17.0. The van der Waals surface area contributed by atoms with Crippen LogP contribution in [0.15, 0.2) is 54.6 Å². The predicted octanol–water partition coefficient (Wildman–Crippen LogP) is 4.18. The molecule has 1 heterocycles. The molecule has 0 unspecified atom stereocenters. The third kappa shape index (κ3) is 5.25. The number of esters is 1. The van der Waals surface area contributed by atoms with E-state index in [2.05, 4.69) is 0 Å². The number of carbonyl (C=O) groups is 2. The SMILES string of the molecule is COc1ccccc1/C=C(/C(=O)OCC(=O)N1CCCC[C@H]1C)c1ccccc1. The van der Waals surface area contributed by atoms with Gasteiger partial charge in [-0.2, -0.15) is 0 Å². The summed E-state index contributed by atoms with van der Waals surface area (Å²) >= 11 is 0. The van der Waals surface area contributed by atoms with E-state index < -0.39 is 5.97 Å². The van der Waals surface area contributed by atoms with Gasteiger partial charge >= 0.3 is 5.97 Å². The monoisotopic (exact) mass is 393 g/mol. The Morgan fingerprint density at radius 1 is 1.07 bits per heavy atom. The van der Waals surface area contributed by atoms with Crippen LogP contribution in [0.5, 0.6) is 5.75 Å². The van der Waals surface area contributed by atoms with Gasteiger partial charge in [0.05, 0.1) is 12.7 Å². The number of nitrogens with zero attached hydrogens (tertiary/aromatic N) is 1. The second-order valence-electron chi connectivity index (χ2n) is 7.17. The van der Waals surface area contributed by atoms with E-state index in [1.54, 1.807) is 13.2 Å². The Morgan fingerprint density at radius 2 is 1.79 bits per heavy atom. The van der Waals surface area contributed by atoms with Gasteiger partial charge in [-0.3, -0.25) is 4.79 Å². The Kier molecular flexibility index (Phi) is 7.06. The maximum atomic E-state index is 12.9. The molecule has 0 N–H and O–H groups in total. The molecule has 0 radical (unpaired) electrons. The summed E-state index contributed by atoms with van der Waals surface area (Å²) in [5, 5.41) is 0. The van der Waals surface area contributed by atoms with Crippen molar-refractivity contribution in [2.45, 2.75) is 32.2 Å². The Balaban J connectivity index is 1.80. The lowest BCUT2D eigenvalue weighted by atomic mass is 10.0. The van der Waals surface area contributed by atoms with Gasteiger partial charge in [0.25, 0.3) is 5.91 Å². The fourth-order valence-electron chi connectivity index (χ4n) is 3.58. The number of piperidine rings is 1. The zero-order valence-corrected chi connectivity index (χ0v) is 17.0. The van der Waals surface area contributed by atoms with Crippen molar-refractivity contribution >= 4 is 23.5 Å². The summed E-state index contributed by atoms with van der Waals surface area (Å²) in [6, 6.07) is 16.9. The van der Waals surface area contributed by atoms with Crippen molar-refractivity contribution in [1.29, 1.82) is 0 Å². The lowest BCUT2D eigenvalue weighted by molar-refractivity contribution is -0.149. The average Bonchev–Trinajstić information content (AvgIpc) is 2.76. The van der Waals surface area contributed by atoms with E-state index in [1.165, 1.54) is 0 Å². The van der Waals surface area contributed by atoms with Crippen LogP contribution in [0.25, 0.3) is 11.6 Å². The number of likely N-dealkylation sites (tertiary alicyclic amines) is 1. The summed E-state index contributed by atoms with van der Waals surface area (Å²) in [7, 11) is 1.59. The van der Waals surface area contributed by atoms with Crippen LogP contribution in [0.2, 0.25) is 0 Å². The average molecular weight is 393 g/mol. The minimum Gasteiger partial charge on any atom is -0.496 e. The molecule has 29 heavy (non-hydrogen) atoms. The van der Waals surface area contributed by atoms with Crippen LogP contribution in [-0.4, -0.2) is 43.1 Å². The van der Waals surface area contributed by atoms with Gasteiger partial charge in [-0.25, -0.2) is 4.79 Å². The van der Waals surface area contributed by atoms with Crippen molar-refractivity contribution < 1.29 is 19.1 Å². The minimum atomic E-state index is -0.528. The highest BCUT2D eigenvalue weighted by Gasteiger charge is 2.24. The minimum absolute atomic E-state index is 0.143. The van der Waals surface area contributed by atoms with E-state index >= 15 is 0 Å². The standard InChI is InChI=1S/C24H27NO4/c1-18-10-8-9-15-25(18)23(26)17-29-24(27)21(19-11-4-3-5-12-19)16-20-13-6-7-14-22(20)28-2/h3-7,11-14,16,18H,8-10,15,17H2,1-2H3/b21-16+/t18-/m1/s1. The number of para-hydroxylation sites is 1. The first-order chi connectivity index (χ1) is 14.1. The smallest absolute Gasteiger partial charge is 0.339 e. The zero-order chi connectivity index (χ0) is 20.6. The van der Waals surface area contributed by atoms with Gasteiger partial charge in [-0.1, -0.05) is 48.5 Å². The first-order valence-electron chi connectivity index (χ1n) is 9.97. The van der Waals surface area contributed by atoms with E-state index in [0.29, 0.717) is 11.3 Å². The quantitative estimate of drug-likeness (QED) is 0.420. The number of hydrogen-bond donors (Lipinski definition) is 0. The first kappa shape index (κ1) is 20.6. The molecule has 3 rings (SSSR count). The molecule has 0 spiro atoms. The molecule has 5 heteroatoms. The van der Waals surface area contributed by atoms with Gasteiger partial charge in [0.2, 0.25) is 0 Å². The van der Waals surface area contributed by atoms with Crippen molar-refractivity contribution in [3.63, 3.8) is 0 Å². The lowest BCUT2D eigenvalue weighted by Gasteiger charge is -2.33. The largest absolute Gasteiger partial charge is 0.496 e. The molecule has 1 aliphatic heterocycles. The Bertz CT molecular complexity index is 875. The first-order valence-corrected chi connectivity index (χ1v) is 9.97. The van der Waals surface area contributed by atoms with Crippen LogP contribution in [-0.2, 0) is 14.3 Å². The van der Waals surface area contributed by atoms with E-state index in [4.69, 9.17) is 9.47 Å². The molecule has 2 aromatic rings. The summed E-state index contributed by atoms with van der Waals surface area (Å²) in [4.78, 5) is 27.3. The molecule has 1 aliphatic rings. The number of hydrogen-bond acceptors (Lipinski definition) is 4. The van der Waals surface area contributed by atoms with Crippen LogP contribution >= 0.6 is 0 Å². The summed E-state index contributed by atoms with van der Waals surface area (Å²) in [6.07, 6.45) is 4.85. The van der Waals surface area contributed by atoms with Crippen molar-refractivity contribution in [2.75, 3.05) is 20.3 Å². The number of ether oxygens (including phenoxy) is 2. The summed E-state index contributed by atoms with van der Waals surface area (Å²) < 4.78 is 10.8. The van der Waals surface area contributed by atoms with Crippen LogP contribution in [0.4, 0.5) is 0 Å². The lowest BCUT2D eigenvalue weighted by Crippen LogP contribution is -2.44. The maximum absolute atomic E-state index is 12.9. The van der Waals surface area contributed by atoms with Crippen molar-refractivity contribution in [2.24, 2.45) is 0 Å². The van der Waals surface area contributed by atoms with Gasteiger partial charge in [-0.15, -0.1) is 0 Å². The van der Waals surface area contributed by atoms with E-state index in [9.17, 15) is 9.59 Å². The van der Waals surface area contributed by atoms with E-state index in [-0.39, 0.29) is 18.6 Å². The van der Waals surface area contributed by atoms with E-state index in [0.717, 1.165) is 36.9 Å². The molecule has 0 saturated carbocycles. The highest BCUT2D eigenvalue weighted by atomic mass is 16.5. The molecule has 0 aliphatic carbocycles. The van der Waals surface area contributed by atoms with E-state index in [1.807, 2.05) is 66.4 Å². The summed E-state index contributed by atoms with van der Waals surface area (Å²) in [6.45, 7) is 2.51. The molecular formula is C24H27NO4. The predicted molar refractivity (Wildman–Crippen MR) is 113 cm³/mol. The molecule has 5 nitrogen and oxygen atoms in total. The van der Waals surface area contributed by atoms with Gasteiger partial charge in [0.1, 0.15) is 5.75 Å². The molecule has 0 bridgehead atoms. The molecule has 0 aromatic heterocycles. The second kappa shape index (κ2) is 9.92. The summed E-state index contributed by atoms with van der Waals surface area (Å²) in [5.41, 5.74) is 1.87. The number of benzene rings is 2. The molecule has 1 saturated heterocycles. The number of methoxy groups -OCH3 is 1. The number of carbonyl (C=O) groups excluding carboxylic acids is 2. The van der Waals surface area contributed by atoms with Crippen LogP contribution in [0.1, 0.15) is 37.3 Å². The van der Waals surface area contributed by atoms with Crippen molar-refractivity contribution in [3.8, 4) is 5.75 Å². The van der Waals surface area contributed by atoms with Gasteiger partial charge < -0.3 is 14.4 Å². The van der Waals surface area contributed by atoms with Gasteiger partial charge in [0, 0.05) is 18.2 Å². The molecule has 152 valence electrons. The fraction of sp³-hybridized carbons (Fsp3) is 0.333. The van der Waals surface area contributed by atoms with Crippen LogP contribution < -0.4 is 4.74 Å². The van der Waals surface area contributed by atoms with Crippen LogP contribution in [0.3, 0.4) is 0 Å². The van der Waals surface area contributed by atoms with Gasteiger partial charge in [0.15, 0.2) is 6.61 Å². The number of amides is 1. The number of rotatable bonds is 6. The second-order valence-corrected chi connectivity index (χ2v) is 7.17. The fourth-order valence-corrected chi connectivity index (χ4v) is 3.58. The molecule has 2 aromatic carbocycles. The van der Waals surface area contributed by atoms with Crippen LogP contribution in [0, 0.1) is 0 Å². The van der Waals surface area contributed by atoms with Crippen molar-refractivity contribution in [1.82, 2.24) is 4.90 Å². The normalized spacial score (nSPS) is 17.0.